The lowest BCUT2D eigenvalue weighted by Gasteiger charge is -2.35. The van der Waals surface area contributed by atoms with E-state index in [1.807, 2.05) is 118 Å². The summed E-state index contributed by atoms with van der Waals surface area (Å²) in [4.78, 5) is 67.7. The summed E-state index contributed by atoms with van der Waals surface area (Å²) < 4.78 is 8.61. The van der Waals surface area contributed by atoms with E-state index < -0.39 is 41.5 Å². The maximum atomic E-state index is 14.4. The van der Waals surface area contributed by atoms with E-state index in [-0.39, 0.29) is 43.8 Å². The average molecular weight is 981 g/mol. The summed E-state index contributed by atoms with van der Waals surface area (Å²) in [5, 5.41) is 32.0. The molecule has 18 heteroatoms. The summed E-state index contributed by atoms with van der Waals surface area (Å²) in [7, 11) is 1.37. The zero-order valence-corrected chi connectivity index (χ0v) is 42.2. The lowest BCUT2D eigenvalue weighted by Crippen LogP contribution is -2.58. The summed E-state index contributed by atoms with van der Waals surface area (Å²) in [6, 6.07) is 19.1. The Bertz CT molecular complexity index is 3180. The summed E-state index contributed by atoms with van der Waals surface area (Å²) in [5.74, 6) is -0.322. The predicted octanol–water partition coefficient (Wildman–Crippen LogP) is 7.53. The number of fused-ring (bicyclic) bond motifs is 4. The van der Waals surface area contributed by atoms with Crippen molar-refractivity contribution in [1.82, 2.24) is 45.1 Å². The van der Waals surface area contributed by atoms with Crippen LogP contribution in [0.25, 0.3) is 37.5 Å². The van der Waals surface area contributed by atoms with Crippen molar-refractivity contribution in [2.24, 2.45) is 10.4 Å². The zero-order chi connectivity index (χ0) is 49.8. The molecule has 1 fully saturated rings. The molecule has 9 rings (SSSR count). The van der Waals surface area contributed by atoms with Crippen LogP contribution >= 0.6 is 22.7 Å². The van der Waals surface area contributed by atoms with Crippen molar-refractivity contribution in [2.75, 3.05) is 13.7 Å². The highest BCUT2D eigenvalue weighted by Gasteiger charge is 2.45. The number of hydrogen-bond acceptors (Lipinski definition) is 13. The van der Waals surface area contributed by atoms with Gasteiger partial charge in [-0.2, -0.15) is 5.10 Å². The van der Waals surface area contributed by atoms with Crippen LogP contribution in [-0.4, -0.2) is 101 Å². The summed E-state index contributed by atoms with van der Waals surface area (Å²) in [6.07, 6.45) is 1.01. The molecule has 7 aromatic rings. The second kappa shape index (κ2) is 19.1. The highest BCUT2D eigenvalue weighted by molar-refractivity contribution is 7.15. The van der Waals surface area contributed by atoms with Gasteiger partial charge in [0, 0.05) is 40.6 Å². The minimum atomic E-state index is -0.994. The second-order valence-electron chi connectivity index (χ2n) is 19.2. The van der Waals surface area contributed by atoms with Crippen LogP contribution in [0.4, 0.5) is 0 Å². The molecule has 1 unspecified atom stereocenters. The van der Waals surface area contributed by atoms with Gasteiger partial charge in [-0.05, 0) is 80.0 Å². The quantitative estimate of drug-likeness (QED) is 0.103. The Kier molecular flexibility index (Phi) is 13.2. The lowest BCUT2D eigenvalue weighted by atomic mass is 9.85. The maximum absolute atomic E-state index is 14.4. The summed E-state index contributed by atoms with van der Waals surface area (Å²) >= 11 is 3.22. The molecular formula is C52H56N10O6S2. The number of thiophene rings is 1. The number of aliphatic hydroxyl groups excluding tert-OH is 1. The molecule has 6 heterocycles. The molecule has 0 radical (unpaired) electrons. The Labute approximate surface area is 413 Å². The van der Waals surface area contributed by atoms with Gasteiger partial charge >= 0.3 is 5.97 Å². The molecule has 1 saturated heterocycles. The topological polar surface area (TPSA) is 199 Å². The fourth-order valence-electron chi connectivity index (χ4n) is 9.29. The monoisotopic (exact) mass is 980 g/mol. The highest BCUT2D eigenvalue weighted by Crippen LogP contribution is 2.40. The summed E-state index contributed by atoms with van der Waals surface area (Å²) in [6.45, 7) is 15.3. The molecule has 2 aliphatic heterocycles. The van der Waals surface area contributed by atoms with Gasteiger partial charge in [-0.1, -0.05) is 75.4 Å². The van der Waals surface area contributed by atoms with Crippen molar-refractivity contribution in [3.63, 3.8) is 0 Å². The Hall–Kier alpha value is -6.89. The first kappa shape index (κ1) is 48.1. The smallest absolute Gasteiger partial charge is 0.308 e. The molecule has 16 nitrogen and oxygen atoms in total. The number of nitrogens with one attached hydrogen (secondary N) is 2. The molecule has 2 aliphatic rings. The van der Waals surface area contributed by atoms with Crippen molar-refractivity contribution in [2.45, 2.75) is 105 Å². The third-order valence-corrected chi connectivity index (χ3v) is 15.4. The van der Waals surface area contributed by atoms with E-state index in [2.05, 4.69) is 44.8 Å². The number of aliphatic imine (C=N–C) groups is 1. The van der Waals surface area contributed by atoms with Crippen molar-refractivity contribution >= 4 is 63.0 Å². The Morgan fingerprint density at radius 3 is 2.30 bits per heavy atom. The van der Waals surface area contributed by atoms with Crippen LogP contribution in [0.5, 0.6) is 0 Å². The number of carbonyl (C=O) groups excluding carboxylic acids is 4. The van der Waals surface area contributed by atoms with E-state index >= 15 is 0 Å². The van der Waals surface area contributed by atoms with E-state index in [0.29, 0.717) is 17.2 Å². The highest BCUT2D eigenvalue weighted by atomic mass is 32.1. The van der Waals surface area contributed by atoms with Gasteiger partial charge in [0.15, 0.2) is 5.82 Å². The third kappa shape index (κ3) is 9.42. The van der Waals surface area contributed by atoms with E-state index in [1.165, 1.54) is 12.0 Å². The molecule has 3 aromatic carbocycles. The number of methoxy groups -OCH3 is 1. The van der Waals surface area contributed by atoms with Crippen LogP contribution < -0.4 is 10.6 Å². The molecule has 4 aromatic heterocycles. The number of β-amino-alcohol motifs (C(OH)–C–C–N with tert-alkyl or cyclic N) is 1. The number of hydrogen-bond donors (Lipinski definition) is 3. The number of esters is 1. The number of aliphatic hydroxyl groups is 1. The summed E-state index contributed by atoms with van der Waals surface area (Å²) in [5.41, 5.74) is 10.3. The van der Waals surface area contributed by atoms with Gasteiger partial charge in [-0.15, -0.1) is 32.9 Å². The van der Waals surface area contributed by atoms with Gasteiger partial charge in [0.2, 0.25) is 17.7 Å². The number of benzene rings is 3. The van der Waals surface area contributed by atoms with Crippen molar-refractivity contribution in [3.8, 4) is 26.6 Å². The average Bonchev–Trinajstić information content (AvgIpc) is 4.16. The number of aromatic nitrogens is 6. The Balaban J connectivity index is 0.884. The molecule has 0 spiro atoms. The largest absolute Gasteiger partial charge is 0.469 e. The van der Waals surface area contributed by atoms with Gasteiger partial charge in [0.05, 0.1) is 53.0 Å². The van der Waals surface area contributed by atoms with E-state index in [1.54, 1.807) is 33.6 Å². The molecule has 5 atom stereocenters. The fraction of sp³-hybridized carbons (Fsp3) is 0.365. The molecule has 0 aliphatic carbocycles. The predicted molar refractivity (Wildman–Crippen MR) is 270 cm³/mol. The number of aryl methyl sites for hydroxylation is 3. The number of thiazole rings is 1. The van der Waals surface area contributed by atoms with Crippen LogP contribution in [0, 0.1) is 33.1 Å². The third-order valence-electron chi connectivity index (χ3n) is 13.2. The Morgan fingerprint density at radius 1 is 0.914 bits per heavy atom. The van der Waals surface area contributed by atoms with Crippen molar-refractivity contribution in [3.05, 3.63) is 123 Å². The number of carbonyl (C=O) groups is 4. The number of amides is 3. The van der Waals surface area contributed by atoms with E-state index in [0.717, 1.165) is 70.5 Å². The minimum absolute atomic E-state index is 0.0180. The maximum Gasteiger partial charge on any atom is 0.308 e. The van der Waals surface area contributed by atoms with Gasteiger partial charge in [0.1, 0.15) is 35.5 Å². The fourth-order valence-corrected chi connectivity index (χ4v) is 11.3. The SMILES string of the molecule is COC(=O)C[C@@H]1N=C(c2ccc(-c3ccc4nn(CC(=O)N[C@H](C(=O)N5C[C@H](O)CC5C(=O)N[C@@H](C)c5ccc(-c6scnc6C)cc5)C(C)(C)C)cc4c3)cc2)c2c(sc(C)c2C)-n2c(C)nnc21. The Morgan fingerprint density at radius 2 is 1.61 bits per heavy atom. The minimum Gasteiger partial charge on any atom is -0.469 e. The number of nitrogens with zero attached hydrogens (tertiary/aromatic N) is 8. The van der Waals surface area contributed by atoms with E-state index in [4.69, 9.17) is 9.73 Å². The molecule has 0 bridgehead atoms. The zero-order valence-electron chi connectivity index (χ0n) is 40.6. The second-order valence-corrected chi connectivity index (χ2v) is 21.3. The van der Waals surface area contributed by atoms with Crippen molar-refractivity contribution in [1.29, 1.82) is 0 Å². The first-order chi connectivity index (χ1) is 33.4. The van der Waals surface area contributed by atoms with Crippen LogP contribution in [0.1, 0.15) is 97.1 Å². The first-order valence-electron chi connectivity index (χ1n) is 23.2. The standard InChI is InChI=1S/C52H56N10O6S2/c1-27-30(4)70-51-44(27)45(55-40(22-43(65)68-9)48-58-57-31(5)62(48)51)34-14-12-33(13-15-34)36-18-19-39-37(20-36)23-60(59-39)25-42(64)56-47(52(6,7)8)50(67)61-24-38(63)21-41(61)49(66)54-28(2)32-10-16-35(17-11-32)46-29(3)53-26-69-46/h10-20,23,26,28,38,40-41,47,63H,21-22,24-25H2,1-9H3,(H,54,66)(H,56,64)/t28-,38+,40-,41?,47+/m0/s1. The van der Waals surface area contributed by atoms with Gasteiger partial charge in [-0.3, -0.25) is 33.4 Å². The normalized spacial score (nSPS) is 17.6. The molecule has 3 amide bonds. The van der Waals surface area contributed by atoms with Gasteiger partial charge in [-0.25, -0.2) is 4.98 Å². The number of rotatable bonds is 12. The van der Waals surface area contributed by atoms with Crippen LogP contribution in [0.2, 0.25) is 0 Å². The molecular weight excluding hydrogens is 925 g/mol. The van der Waals surface area contributed by atoms with Gasteiger partial charge < -0.3 is 25.4 Å². The molecule has 70 heavy (non-hydrogen) atoms. The lowest BCUT2D eigenvalue weighted by molar-refractivity contribution is -0.144. The van der Waals surface area contributed by atoms with E-state index in [9.17, 15) is 24.3 Å². The number of likely N-dealkylation sites (tertiary alicyclic amines) is 1. The van der Waals surface area contributed by atoms with Gasteiger partial charge in [0.25, 0.3) is 0 Å². The molecule has 362 valence electrons. The van der Waals surface area contributed by atoms with Crippen molar-refractivity contribution < 1.29 is 29.0 Å². The van der Waals surface area contributed by atoms with Crippen LogP contribution in [0.15, 0.2) is 83.4 Å². The molecule has 0 saturated carbocycles. The molecule has 3 N–H and O–H groups in total. The van der Waals surface area contributed by atoms with Crippen LogP contribution in [-0.2, 0) is 30.5 Å². The number of ether oxygens (including phenoxy) is 1. The van der Waals surface area contributed by atoms with Crippen LogP contribution in [0.3, 0.4) is 0 Å². The first-order valence-corrected chi connectivity index (χ1v) is 24.9.